The molecule has 2 aromatic rings. The van der Waals surface area contributed by atoms with E-state index in [1.807, 2.05) is 6.92 Å². The molecule has 0 aromatic carbocycles. The molecule has 0 fully saturated rings. The van der Waals surface area contributed by atoms with E-state index in [0.717, 1.165) is 12.1 Å². The minimum Gasteiger partial charge on any atom is -0.464 e. The number of fused-ring (bicyclic) bond motifs is 1. The lowest BCUT2D eigenvalue weighted by Crippen LogP contribution is -2.09. The van der Waals surface area contributed by atoms with E-state index >= 15 is 0 Å². The average Bonchev–Trinajstić information content (AvgIpc) is 2.66. The standard InChI is InChI=1S/C10H10BrN3O2/c1-3-6-4-7(10(15)16-2)12-9-5-8(11)13-14(6)9/h4-5H,3H2,1-2H3. The highest BCUT2D eigenvalue weighted by Gasteiger charge is 2.12. The number of nitrogens with zero attached hydrogens (tertiary/aromatic N) is 3. The lowest BCUT2D eigenvalue weighted by atomic mass is 10.2. The Morgan fingerprint density at radius 3 is 2.94 bits per heavy atom. The number of rotatable bonds is 2. The molecule has 2 heterocycles. The number of hydrogen-bond donors (Lipinski definition) is 0. The summed E-state index contributed by atoms with van der Waals surface area (Å²) in [7, 11) is 1.34. The van der Waals surface area contributed by atoms with E-state index in [9.17, 15) is 4.79 Å². The van der Waals surface area contributed by atoms with E-state index in [2.05, 4.69) is 30.7 Å². The molecule has 84 valence electrons. The summed E-state index contributed by atoms with van der Waals surface area (Å²) in [4.78, 5) is 15.6. The first-order valence-corrected chi connectivity index (χ1v) is 5.58. The van der Waals surface area contributed by atoms with E-state index in [1.54, 1.807) is 16.6 Å². The zero-order valence-corrected chi connectivity index (χ0v) is 10.5. The summed E-state index contributed by atoms with van der Waals surface area (Å²) in [6.45, 7) is 1.99. The zero-order valence-electron chi connectivity index (χ0n) is 8.90. The number of ether oxygens (including phenoxy) is 1. The van der Waals surface area contributed by atoms with Crippen LogP contribution in [-0.4, -0.2) is 27.7 Å². The van der Waals surface area contributed by atoms with Crippen molar-refractivity contribution in [3.05, 3.63) is 28.1 Å². The van der Waals surface area contributed by atoms with Gasteiger partial charge in [-0.15, -0.1) is 0 Å². The predicted octanol–water partition coefficient (Wildman–Crippen LogP) is 1.84. The highest BCUT2D eigenvalue weighted by Crippen LogP contribution is 2.14. The second-order valence-electron chi connectivity index (χ2n) is 3.21. The van der Waals surface area contributed by atoms with Gasteiger partial charge >= 0.3 is 5.97 Å². The summed E-state index contributed by atoms with van der Waals surface area (Å²) in [5.74, 6) is -0.436. The molecule has 0 atom stereocenters. The molecule has 16 heavy (non-hydrogen) atoms. The van der Waals surface area contributed by atoms with E-state index in [1.165, 1.54) is 7.11 Å². The van der Waals surface area contributed by atoms with Gasteiger partial charge in [0.25, 0.3) is 0 Å². The lowest BCUT2D eigenvalue weighted by Gasteiger charge is -2.04. The van der Waals surface area contributed by atoms with Crippen LogP contribution < -0.4 is 0 Å². The number of aryl methyl sites for hydroxylation is 1. The fraction of sp³-hybridized carbons (Fsp3) is 0.300. The Balaban J connectivity index is 2.67. The number of methoxy groups -OCH3 is 1. The second-order valence-corrected chi connectivity index (χ2v) is 4.03. The van der Waals surface area contributed by atoms with E-state index < -0.39 is 5.97 Å². The first-order chi connectivity index (χ1) is 7.65. The van der Waals surface area contributed by atoms with Gasteiger partial charge in [0.2, 0.25) is 0 Å². The van der Waals surface area contributed by atoms with Crippen molar-refractivity contribution in [2.45, 2.75) is 13.3 Å². The molecule has 5 nitrogen and oxygen atoms in total. The SMILES string of the molecule is CCc1cc(C(=O)OC)nc2cc(Br)nn12. The normalized spacial score (nSPS) is 10.7. The van der Waals surface area contributed by atoms with Crippen LogP contribution in [0.5, 0.6) is 0 Å². The van der Waals surface area contributed by atoms with Crippen LogP contribution >= 0.6 is 15.9 Å². The van der Waals surface area contributed by atoms with Crippen molar-refractivity contribution in [3.63, 3.8) is 0 Å². The van der Waals surface area contributed by atoms with Crippen LogP contribution in [0.3, 0.4) is 0 Å². The van der Waals surface area contributed by atoms with Gasteiger partial charge in [0.15, 0.2) is 11.3 Å². The van der Waals surface area contributed by atoms with Crippen LogP contribution in [0.15, 0.2) is 16.7 Å². The quantitative estimate of drug-likeness (QED) is 0.790. The van der Waals surface area contributed by atoms with Crippen molar-refractivity contribution in [1.82, 2.24) is 14.6 Å². The zero-order chi connectivity index (χ0) is 11.7. The maximum absolute atomic E-state index is 11.4. The molecule has 0 N–H and O–H groups in total. The van der Waals surface area contributed by atoms with Gasteiger partial charge in [-0.3, -0.25) is 0 Å². The van der Waals surface area contributed by atoms with Crippen molar-refractivity contribution in [3.8, 4) is 0 Å². The number of esters is 1. The molecule has 0 aliphatic carbocycles. The molecule has 6 heteroatoms. The van der Waals surface area contributed by atoms with Gasteiger partial charge in [-0.25, -0.2) is 14.3 Å². The van der Waals surface area contributed by atoms with Gasteiger partial charge in [-0.2, -0.15) is 5.10 Å². The number of hydrogen-bond acceptors (Lipinski definition) is 4. The number of halogens is 1. The highest BCUT2D eigenvalue weighted by atomic mass is 79.9. The minimum atomic E-state index is -0.436. The Morgan fingerprint density at radius 2 is 2.31 bits per heavy atom. The Hall–Kier alpha value is -1.43. The van der Waals surface area contributed by atoms with Gasteiger partial charge in [0.05, 0.1) is 7.11 Å². The molecule has 0 aliphatic rings. The Bertz CT molecular complexity index is 550. The van der Waals surface area contributed by atoms with Crippen molar-refractivity contribution in [2.75, 3.05) is 7.11 Å². The van der Waals surface area contributed by atoms with E-state index in [-0.39, 0.29) is 0 Å². The van der Waals surface area contributed by atoms with Crippen LogP contribution in [0.1, 0.15) is 23.1 Å². The first-order valence-electron chi connectivity index (χ1n) is 4.79. The Morgan fingerprint density at radius 1 is 1.56 bits per heavy atom. The molecule has 0 amide bonds. The monoisotopic (exact) mass is 283 g/mol. The van der Waals surface area contributed by atoms with E-state index in [0.29, 0.717) is 15.9 Å². The predicted molar refractivity (Wildman–Crippen MR) is 61.4 cm³/mol. The third-order valence-electron chi connectivity index (χ3n) is 2.23. The molecule has 0 unspecified atom stereocenters. The average molecular weight is 284 g/mol. The van der Waals surface area contributed by atoms with Crippen LogP contribution in [-0.2, 0) is 11.2 Å². The molecule has 0 bridgehead atoms. The third kappa shape index (κ3) is 1.80. The van der Waals surface area contributed by atoms with Gasteiger partial charge in [-0.05, 0) is 28.4 Å². The maximum atomic E-state index is 11.4. The Labute approximate surface area is 101 Å². The molecule has 0 saturated heterocycles. The lowest BCUT2D eigenvalue weighted by molar-refractivity contribution is 0.0594. The topological polar surface area (TPSA) is 56.5 Å². The highest BCUT2D eigenvalue weighted by molar-refractivity contribution is 9.10. The second kappa shape index (κ2) is 4.21. The molecule has 0 aliphatic heterocycles. The molecular weight excluding hydrogens is 274 g/mol. The van der Waals surface area contributed by atoms with Gasteiger partial charge < -0.3 is 4.74 Å². The fourth-order valence-corrected chi connectivity index (χ4v) is 1.83. The number of aromatic nitrogens is 3. The molecule has 0 saturated carbocycles. The maximum Gasteiger partial charge on any atom is 0.356 e. The van der Waals surface area contributed by atoms with Gasteiger partial charge in [0, 0.05) is 11.8 Å². The van der Waals surface area contributed by atoms with Crippen LogP contribution in [0.25, 0.3) is 5.65 Å². The molecule has 2 aromatic heterocycles. The Kier molecular flexibility index (Phi) is 2.91. The molecule has 2 rings (SSSR count). The smallest absolute Gasteiger partial charge is 0.356 e. The van der Waals surface area contributed by atoms with Crippen LogP contribution in [0, 0.1) is 0 Å². The molecular formula is C10H10BrN3O2. The summed E-state index contributed by atoms with van der Waals surface area (Å²) in [6.07, 6.45) is 0.761. The van der Waals surface area contributed by atoms with Gasteiger partial charge in [-0.1, -0.05) is 6.92 Å². The fourth-order valence-electron chi connectivity index (χ4n) is 1.47. The molecule has 0 radical (unpaired) electrons. The first kappa shape index (κ1) is 11.1. The van der Waals surface area contributed by atoms with Crippen LogP contribution in [0.4, 0.5) is 0 Å². The summed E-state index contributed by atoms with van der Waals surface area (Å²) in [5.41, 5.74) is 1.85. The summed E-state index contributed by atoms with van der Waals surface area (Å²) in [5, 5.41) is 4.23. The van der Waals surface area contributed by atoms with Crippen molar-refractivity contribution in [2.24, 2.45) is 0 Å². The summed E-state index contributed by atoms with van der Waals surface area (Å²) < 4.78 is 7.04. The van der Waals surface area contributed by atoms with E-state index in [4.69, 9.17) is 0 Å². The van der Waals surface area contributed by atoms with Crippen molar-refractivity contribution < 1.29 is 9.53 Å². The number of carbonyl (C=O) groups is 1. The summed E-state index contributed by atoms with van der Waals surface area (Å²) >= 11 is 3.28. The number of carbonyl (C=O) groups excluding carboxylic acids is 1. The summed E-state index contributed by atoms with van der Waals surface area (Å²) in [6, 6.07) is 3.45. The molecule has 0 spiro atoms. The minimum absolute atomic E-state index is 0.305. The van der Waals surface area contributed by atoms with Gasteiger partial charge in [0.1, 0.15) is 4.60 Å². The van der Waals surface area contributed by atoms with Crippen molar-refractivity contribution in [1.29, 1.82) is 0 Å². The largest absolute Gasteiger partial charge is 0.464 e. The van der Waals surface area contributed by atoms with Crippen molar-refractivity contribution >= 4 is 27.5 Å². The third-order valence-corrected chi connectivity index (χ3v) is 2.62. The van der Waals surface area contributed by atoms with Crippen LogP contribution in [0.2, 0.25) is 0 Å².